The lowest BCUT2D eigenvalue weighted by atomic mass is 10.0. The second-order valence-corrected chi connectivity index (χ2v) is 6.59. The zero-order valence-corrected chi connectivity index (χ0v) is 14.5. The van der Waals surface area contributed by atoms with Gasteiger partial charge in [-0.2, -0.15) is 0 Å². The molecule has 4 rings (SSSR count). The van der Waals surface area contributed by atoms with E-state index in [0.717, 1.165) is 36.6 Å². The van der Waals surface area contributed by atoms with Crippen LogP contribution in [0.25, 0.3) is 11.2 Å². The lowest BCUT2D eigenvalue weighted by Gasteiger charge is -2.36. The molecule has 1 N–H and O–H groups in total. The van der Waals surface area contributed by atoms with Gasteiger partial charge in [0.25, 0.3) is 0 Å². The van der Waals surface area contributed by atoms with Crippen molar-refractivity contribution in [3.05, 3.63) is 42.2 Å². The van der Waals surface area contributed by atoms with Crippen molar-refractivity contribution in [2.75, 3.05) is 18.4 Å². The Morgan fingerprint density at radius 2 is 2.04 bits per heavy atom. The fourth-order valence-electron chi connectivity index (χ4n) is 3.51. The first kappa shape index (κ1) is 16.0. The number of aromatic nitrogens is 5. The molecule has 0 unspecified atom stereocenters. The molecule has 1 fully saturated rings. The molecule has 0 spiro atoms. The summed E-state index contributed by atoms with van der Waals surface area (Å²) in [5.74, 6) is 0.767. The summed E-state index contributed by atoms with van der Waals surface area (Å²) in [7, 11) is 1.84. The maximum absolute atomic E-state index is 4.36. The molecule has 1 atom stereocenters. The Morgan fingerprint density at radius 3 is 2.92 bits per heavy atom. The first-order valence-corrected chi connectivity index (χ1v) is 8.83. The highest BCUT2D eigenvalue weighted by molar-refractivity contribution is 5.81. The number of rotatable bonds is 5. The zero-order valence-electron chi connectivity index (χ0n) is 14.5. The van der Waals surface area contributed by atoms with Gasteiger partial charge >= 0.3 is 0 Å². The lowest BCUT2D eigenvalue weighted by Crippen LogP contribution is -2.43. The fraction of sp³-hybridized carbons (Fsp3) is 0.444. The van der Waals surface area contributed by atoms with Crippen molar-refractivity contribution in [3.8, 4) is 0 Å². The quantitative estimate of drug-likeness (QED) is 0.770. The van der Waals surface area contributed by atoms with Gasteiger partial charge in [0.05, 0.1) is 0 Å². The Kier molecular flexibility index (Phi) is 4.56. The van der Waals surface area contributed by atoms with E-state index < -0.39 is 0 Å². The Morgan fingerprint density at radius 1 is 1.16 bits per heavy atom. The number of fused-ring (bicyclic) bond motifs is 1. The first-order chi connectivity index (χ1) is 12.3. The number of hydrogen-bond donors (Lipinski definition) is 1. The predicted octanol–water partition coefficient (Wildman–Crippen LogP) is 2.22. The van der Waals surface area contributed by atoms with E-state index in [2.05, 4.69) is 60.8 Å². The van der Waals surface area contributed by atoms with Crippen molar-refractivity contribution in [2.24, 2.45) is 7.05 Å². The number of likely N-dealkylation sites (tertiary alicyclic amines) is 1. The molecule has 0 saturated carbocycles. The highest BCUT2D eigenvalue weighted by atomic mass is 15.4. The van der Waals surface area contributed by atoms with E-state index in [1.54, 1.807) is 11.0 Å². The van der Waals surface area contributed by atoms with E-state index >= 15 is 0 Å². The van der Waals surface area contributed by atoms with Crippen LogP contribution in [0.3, 0.4) is 0 Å². The van der Waals surface area contributed by atoms with E-state index in [4.69, 9.17) is 0 Å². The van der Waals surface area contributed by atoms with Crippen LogP contribution in [0.2, 0.25) is 0 Å². The van der Waals surface area contributed by atoms with E-state index in [1.165, 1.54) is 24.8 Å². The molecule has 1 aliphatic heterocycles. The van der Waals surface area contributed by atoms with Crippen LogP contribution in [0.1, 0.15) is 24.8 Å². The number of nitrogens with one attached hydrogen (secondary N) is 1. The van der Waals surface area contributed by atoms with Gasteiger partial charge in [-0.1, -0.05) is 42.0 Å². The Bertz CT molecular complexity index is 830. The van der Waals surface area contributed by atoms with Crippen LogP contribution in [-0.2, 0) is 13.6 Å². The first-order valence-electron chi connectivity index (χ1n) is 8.83. The number of hydrogen-bond acceptors (Lipinski definition) is 6. The monoisotopic (exact) mass is 337 g/mol. The molecule has 0 amide bonds. The smallest absolute Gasteiger partial charge is 0.183 e. The third-order valence-electron chi connectivity index (χ3n) is 4.87. The normalized spacial score (nSPS) is 18.5. The maximum Gasteiger partial charge on any atom is 0.183 e. The molecule has 0 aliphatic carbocycles. The van der Waals surface area contributed by atoms with Crippen molar-refractivity contribution in [1.29, 1.82) is 0 Å². The summed E-state index contributed by atoms with van der Waals surface area (Å²) in [5, 5.41) is 11.7. The number of benzene rings is 1. The topological polar surface area (TPSA) is 71.8 Å². The molecule has 130 valence electrons. The van der Waals surface area contributed by atoms with Gasteiger partial charge in [0.15, 0.2) is 17.0 Å². The maximum atomic E-state index is 4.36. The summed E-state index contributed by atoms with van der Waals surface area (Å²) in [6.07, 6.45) is 5.32. The summed E-state index contributed by atoms with van der Waals surface area (Å²) >= 11 is 0. The molecule has 7 nitrogen and oxygen atoms in total. The fourth-order valence-corrected chi connectivity index (χ4v) is 3.51. The Labute approximate surface area is 147 Å². The average Bonchev–Trinajstić information content (AvgIpc) is 3.04. The van der Waals surface area contributed by atoms with Crippen LogP contribution in [0.15, 0.2) is 36.7 Å². The largest absolute Gasteiger partial charge is 0.366 e. The number of nitrogens with zero attached hydrogens (tertiary/aromatic N) is 6. The molecule has 25 heavy (non-hydrogen) atoms. The Hall–Kier alpha value is -2.54. The second-order valence-electron chi connectivity index (χ2n) is 6.59. The van der Waals surface area contributed by atoms with Crippen LogP contribution in [0.4, 0.5) is 5.82 Å². The standard InChI is InChI=1S/C18H23N7/c1-24-18-16(22-23-24)17(20-13-21-18)19-11-15-9-5-6-10-25(15)12-14-7-3-2-4-8-14/h2-4,7-8,13,15H,5-6,9-12H2,1H3,(H,19,20,21)/t15-/m1/s1. The summed E-state index contributed by atoms with van der Waals surface area (Å²) in [4.78, 5) is 11.2. The number of piperidine rings is 1. The molecule has 0 radical (unpaired) electrons. The van der Waals surface area contributed by atoms with Gasteiger partial charge in [-0.3, -0.25) is 4.90 Å². The van der Waals surface area contributed by atoms with Gasteiger partial charge < -0.3 is 5.32 Å². The van der Waals surface area contributed by atoms with Gasteiger partial charge in [0.1, 0.15) is 6.33 Å². The van der Waals surface area contributed by atoms with Crippen molar-refractivity contribution in [3.63, 3.8) is 0 Å². The molecule has 7 heteroatoms. The molecule has 0 bridgehead atoms. The molecule has 1 saturated heterocycles. The summed E-state index contributed by atoms with van der Waals surface area (Å²) < 4.78 is 1.67. The number of aryl methyl sites for hydroxylation is 1. The van der Waals surface area contributed by atoms with E-state index in [0.29, 0.717) is 6.04 Å². The highest BCUT2D eigenvalue weighted by Gasteiger charge is 2.23. The van der Waals surface area contributed by atoms with Gasteiger partial charge in [0, 0.05) is 26.2 Å². The van der Waals surface area contributed by atoms with Crippen LogP contribution in [0.5, 0.6) is 0 Å². The van der Waals surface area contributed by atoms with Gasteiger partial charge in [-0.25, -0.2) is 14.6 Å². The molecule has 3 aromatic rings. The minimum Gasteiger partial charge on any atom is -0.366 e. The second kappa shape index (κ2) is 7.14. The van der Waals surface area contributed by atoms with Crippen LogP contribution in [0, 0.1) is 0 Å². The third-order valence-corrected chi connectivity index (χ3v) is 4.87. The highest BCUT2D eigenvalue weighted by Crippen LogP contribution is 2.21. The minimum absolute atomic E-state index is 0.496. The molecular weight excluding hydrogens is 314 g/mol. The minimum atomic E-state index is 0.496. The lowest BCUT2D eigenvalue weighted by molar-refractivity contribution is 0.148. The van der Waals surface area contributed by atoms with Gasteiger partial charge in [0.2, 0.25) is 0 Å². The third kappa shape index (κ3) is 3.46. The van der Waals surface area contributed by atoms with Crippen LogP contribution in [-0.4, -0.2) is 49.0 Å². The summed E-state index contributed by atoms with van der Waals surface area (Å²) in [6.45, 7) is 3.00. The van der Waals surface area contributed by atoms with E-state index in [9.17, 15) is 0 Å². The van der Waals surface area contributed by atoms with Crippen LogP contribution >= 0.6 is 0 Å². The molecule has 2 aromatic heterocycles. The average molecular weight is 337 g/mol. The SMILES string of the molecule is Cn1nnc2c(NC[C@H]3CCCCN3Cc3ccccc3)ncnc21. The van der Waals surface area contributed by atoms with Crippen molar-refractivity contribution in [1.82, 2.24) is 29.9 Å². The summed E-state index contributed by atoms with van der Waals surface area (Å²) in [6, 6.07) is 11.2. The van der Waals surface area contributed by atoms with Crippen molar-refractivity contribution in [2.45, 2.75) is 31.8 Å². The van der Waals surface area contributed by atoms with Gasteiger partial charge in [-0.15, -0.1) is 5.10 Å². The van der Waals surface area contributed by atoms with Crippen molar-refractivity contribution < 1.29 is 0 Å². The van der Waals surface area contributed by atoms with E-state index in [-0.39, 0.29) is 0 Å². The molecule has 3 heterocycles. The van der Waals surface area contributed by atoms with E-state index in [1.807, 2.05) is 7.05 Å². The molecule has 1 aromatic carbocycles. The summed E-state index contributed by atoms with van der Waals surface area (Å²) in [5.41, 5.74) is 2.85. The van der Waals surface area contributed by atoms with Gasteiger partial charge in [-0.05, 0) is 24.9 Å². The molecule has 1 aliphatic rings. The number of anilines is 1. The van der Waals surface area contributed by atoms with Crippen molar-refractivity contribution >= 4 is 17.0 Å². The molecular formula is C18H23N7. The predicted molar refractivity (Wildman–Crippen MR) is 97.1 cm³/mol. The van der Waals surface area contributed by atoms with Crippen LogP contribution < -0.4 is 5.32 Å². The zero-order chi connectivity index (χ0) is 17.1. The Balaban J connectivity index is 1.46.